The van der Waals surface area contributed by atoms with Crippen LogP contribution in [0.4, 0.5) is 5.69 Å². The van der Waals surface area contributed by atoms with Gasteiger partial charge in [0, 0.05) is 48.3 Å². The zero-order chi connectivity index (χ0) is 21.8. The molecule has 0 bridgehead atoms. The van der Waals surface area contributed by atoms with Crippen LogP contribution in [-0.2, 0) is 11.3 Å². The predicted molar refractivity (Wildman–Crippen MR) is 125 cm³/mol. The number of nitrogens with zero attached hydrogens (tertiary/aromatic N) is 2. The summed E-state index contributed by atoms with van der Waals surface area (Å²) in [5.41, 5.74) is 3.00. The van der Waals surface area contributed by atoms with Gasteiger partial charge in [-0.15, -0.1) is 0 Å². The molecular formula is C25H25ClN4O2. The number of benzene rings is 2. The van der Waals surface area contributed by atoms with E-state index in [1.807, 2.05) is 24.4 Å². The molecule has 3 aliphatic heterocycles. The number of hydrogen-bond acceptors (Lipinski definition) is 5. The molecule has 3 aromatic rings. The molecule has 2 N–H and O–H groups in total. The molecule has 0 saturated carbocycles. The Morgan fingerprint density at radius 3 is 2.84 bits per heavy atom. The fraction of sp³-hybridized carbons (Fsp3) is 0.360. The van der Waals surface area contributed by atoms with E-state index in [2.05, 4.69) is 44.8 Å². The van der Waals surface area contributed by atoms with Crippen LogP contribution in [0, 0.1) is 0 Å². The number of amides is 1. The van der Waals surface area contributed by atoms with Crippen molar-refractivity contribution in [2.45, 2.75) is 37.1 Å². The highest BCUT2D eigenvalue weighted by molar-refractivity contribution is 6.31. The second-order valence-electron chi connectivity index (χ2n) is 9.31. The Kier molecular flexibility index (Phi) is 4.64. The summed E-state index contributed by atoms with van der Waals surface area (Å²) >= 11 is 6.07. The minimum Gasteiger partial charge on any atom is -0.370 e. The van der Waals surface area contributed by atoms with E-state index < -0.39 is 5.66 Å². The van der Waals surface area contributed by atoms with Gasteiger partial charge in [0.25, 0.3) is 5.91 Å². The third-order valence-corrected chi connectivity index (χ3v) is 7.28. The quantitative estimate of drug-likeness (QED) is 0.615. The monoisotopic (exact) mass is 448 g/mol. The third-order valence-electron chi connectivity index (χ3n) is 7.04. The van der Waals surface area contributed by atoms with Crippen molar-refractivity contribution in [3.05, 3.63) is 70.9 Å². The number of hydrogen-bond donors (Lipinski definition) is 2. The highest BCUT2D eigenvalue weighted by Crippen LogP contribution is 2.43. The second-order valence-corrected chi connectivity index (χ2v) is 9.74. The first-order valence-electron chi connectivity index (χ1n) is 11.1. The zero-order valence-corrected chi connectivity index (χ0v) is 18.5. The maximum absolute atomic E-state index is 12.7. The van der Waals surface area contributed by atoms with Crippen LogP contribution in [-0.4, -0.2) is 46.8 Å². The molecule has 1 amide bonds. The number of pyridine rings is 1. The average Bonchev–Trinajstić information content (AvgIpc) is 3.13. The lowest BCUT2D eigenvalue weighted by Gasteiger charge is -2.41. The maximum atomic E-state index is 12.7. The molecule has 4 heterocycles. The van der Waals surface area contributed by atoms with Gasteiger partial charge >= 0.3 is 0 Å². The van der Waals surface area contributed by atoms with Crippen LogP contribution >= 0.6 is 11.6 Å². The number of fused-ring (bicyclic) bond motifs is 2. The fourth-order valence-electron chi connectivity index (χ4n) is 5.40. The molecule has 0 unspecified atom stereocenters. The standard InChI is InChI=1S/C25H25ClN4O2/c26-19-4-6-22-20(13-19)23(31)29-25(28-22)15-24(32-16-25)7-10-30(11-8-24)14-17-3-5-21-18(12-17)2-1-9-27-21/h1-6,9,12-13,28H,7-8,10-11,14-16H2,(H,29,31)/t25-/m1/s1. The molecule has 32 heavy (non-hydrogen) atoms. The molecule has 2 spiro atoms. The number of ether oxygens (including phenoxy) is 1. The Bertz CT molecular complexity index is 1210. The van der Waals surface area contributed by atoms with E-state index in [1.54, 1.807) is 6.07 Å². The Labute approximate surface area is 191 Å². The molecule has 7 heteroatoms. The SMILES string of the molecule is O=C1N[C@]2(COC3(CCN(Cc4ccc5ncccc5c4)CC3)C2)Nc2ccc(Cl)cc21. The molecule has 164 valence electrons. The lowest BCUT2D eigenvalue weighted by molar-refractivity contribution is -0.0452. The van der Waals surface area contributed by atoms with Gasteiger partial charge in [0.05, 0.1) is 23.3 Å². The van der Waals surface area contributed by atoms with E-state index in [0.717, 1.165) is 50.1 Å². The van der Waals surface area contributed by atoms with Crippen molar-refractivity contribution >= 4 is 34.1 Å². The van der Waals surface area contributed by atoms with Gasteiger partial charge in [-0.3, -0.25) is 14.7 Å². The van der Waals surface area contributed by atoms with Gasteiger partial charge in [0.2, 0.25) is 0 Å². The highest BCUT2D eigenvalue weighted by Gasteiger charge is 2.53. The van der Waals surface area contributed by atoms with E-state index in [4.69, 9.17) is 16.3 Å². The highest BCUT2D eigenvalue weighted by atomic mass is 35.5. The lowest BCUT2D eigenvalue weighted by Crippen LogP contribution is -2.59. The van der Waals surface area contributed by atoms with Crippen molar-refractivity contribution in [3.63, 3.8) is 0 Å². The summed E-state index contributed by atoms with van der Waals surface area (Å²) in [6.07, 6.45) is 4.50. The molecule has 0 radical (unpaired) electrons. The summed E-state index contributed by atoms with van der Waals surface area (Å²) in [5, 5.41) is 8.44. The van der Waals surface area contributed by atoms with E-state index >= 15 is 0 Å². The van der Waals surface area contributed by atoms with Crippen LogP contribution in [0.1, 0.15) is 35.2 Å². The van der Waals surface area contributed by atoms with Gasteiger partial charge in [-0.25, -0.2) is 0 Å². The third kappa shape index (κ3) is 3.52. The van der Waals surface area contributed by atoms with Crippen LogP contribution in [0.15, 0.2) is 54.7 Å². The Morgan fingerprint density at radius 1 is 1.09 bits per heavy atom. The number of carbonyl (C=O) groups excluding carboxylic acids is 1. The van der Waals surface area contributed by atoms with Crippen LogP contribution < -0.4 is 10.6 Å². The first-order chi connectivity index (χ1) is 15.5. The van der Waals surface area contributed by atoms with E-state index in [1.165, 1.54) is 10.9 Å². The molecule has 2 fully saturated rings. The Hall–Kier alpha value is -2.67. The molecule has 0 aliphatic carbocycles. The van der Waals surface area contributed by atoms with Crippen molar-refractivity contribution in [3.8, 4) is 0 Å². The summed E-state index contributed by atoms with van der Waals surface area (Å²) in [4.78, 5) is 19.6. The van der Waals surface area contributed by atoms with Crippen molar-refractivity contribution in [2.75, 3.05) is 25.0 Å². The van der Waals surface area contributed by atoms with Gasteiger partial charge in [-0.2, -0.15) is 0 Å². The van der Waals surface area contributed by atoms with Crippen molar-refractivity contribution in [2.24, 2.45) is 0 Å². The molecule has 1 atom stereocenters. The van der Waals surface area contributed by atoms with Gasteiger partial charge in [0.1, 0.15) is 5.66 Å². The Morgan fingerprint density at radius 2 is 1.97 bits per heavy atom. The van der Waals surface area contributed by atoms with E-state index in [0.29, 0.717) is 17.2 Å². The summed E-state index contributed by atoms with van der Waals surface area (Å²) < 4.78 is 6.38. The van der Waals surface area contributed by atoms with Crippen molar-refractivity contribution < 1.29 is 9.53 Å². The fourth-order valence-corrected chi connectivity index (χ4v) is 5.57. The number of carbonyl (C=O) groups is 1. The number of nitrogens with one attached hydrogen (secondary N) is 2. The summed E-state index contributed by atoms with van der Waals surface area (Å²) in [6.45, 7) is 3.34. The number of halogens is 1. The first-order valence-corrected chi connectivity index (χ1v) is 11.5. The first kappa shape index (κ1) is 20.0. The minimum atomic E-state index is -0.550. The summed E-state index contributed by atoms with van der Waals surface area (Å²) in [5.74, 6) is -0.0925. The lowest BCUT2D eigenvalue weighted by atomic mass is 9.84. The number of anilines is 1. The van der Waals surface area contributed by atoms with Crippen LogP contribution in [0.3, 0.4) is 0 Å². The molecule has 2 saturated heterocycles. The molecule has 1 aromatic heterocycles. The van der Waals surface area contributed by atoms with Gasteiger partial charge in [-0.05, 0) is 54.8 Å². The molecule has 3 aliphatic rings. The van der Waals surface area contributed by atoms with Crippen LogP contribution in [0.2, 0.25) is 5.02 Å². The minimum absolute atomic E-state index is 0.0925. The van der Waals surface area contributed by atoms with E-state index in [-0.39, 0.29) is 11.5 Å². The summed E-state index contributed by atoms with van der Waals surface area (Å²) in [7, 11) is 0. The number of likely N-dealkylation sites (tertiary alicyclic amines) is 1. The van der Waals surface area contributed by atoms with Crippen LogP contribution in [0.25, 0.3) is 10.9 Å². The largest absolute Gasteiger partial charge is 0.370 e. The van der Waals surface area contributed by atoms with Gasteiger partial charge in [0.15, 0.2) is 0 Å². The molecular weight excluding hydrogens is 424 g/mol. The normalized spacial score (nSPS) is 24.5. The summed E-state index contributed by atoms with van der Waals surface area (Å²) in [6, 6.07) is 16.0. The maximum Gasteiger partial charge on any atom is 0.255 e. The molecule has 6 rings (SSSR count). The smallest absolute Gasteiger partial charge is 0.255 e. The predicted octanol–water partition coefficient (Wildman–Crippen LogP) is 4.19. The second kappa shape index (κ2) is 7.44. The average molecular weight is 449 g/mol. The van der Waals surface area contributed by atoms with Gasteiger partial charge in [-0.1, -0.05) is 23.7 Å². The number of piperidine rings is 1. The van der Waals surface area contributed by atoms with Crippen molar-refractivity contribution in [1.29, 1.82) is 0 Å². The van der Waals surface area contributed by atoms with Crippen molar-refractivity contribution in [1.82, 2.24) is 15.2 Å². The van der Waals surface area contributed by atoms with E-state index in [9.17, 15) is 4.79 Å². The van der Waals surface area contributed by atoms with Crippen LogP contribution in [0.5, 0.6) is 0 Å². The number of aromatic nitrogens is 1. The van der Waals surface area contributed by atoms with Gasteiger partial charge < -0.3 is 15.4 Å². The molecule has 2 aromatic carbocycles. The Balaban J connectivity index is 1.12. The topological polar surface area (TPSA) is 66.5 Å². The zero-order valence-electron chi connectivity index (χ0n) is 17.7. The number of rotatable bonds is 2. The molecule has 6 nitrogen and oxygen atoms in total.